The number of rotatable bonds is 7. The topological polar surface area (TPSA) is 68.5 Å². The number of benzene rings is 1. The molecule has 1 amide bonds. The third-order valence-electron chi connectivity index (χ3n) is 4.15. The maximum atomic E-state index is 12.4. The molecule has 136 valence electrons. The Hall–Kier alpha value is -2.89. The van der Waals surface area contributed by atoms with Gasteiger partial charge in [-0.25, -0.2) is 4.98 Å². The molecule has 0 N–H and O–H groups in total. The molecule has 1 aromatic carbocycles. The Labute approximate surface area is 152 Å². The molecular weight excluding hydrogens is 330 g/mol. The number of hydrogen-bond acceptors (Lipinski definition) is 5. The normalized spacial score (nSPS) is 11.1. The number of carbonyl (C=O) groups excluding carboxylic acids is 1. The Morgan fingerprint density at radius 1 is 1.31 bits per heavy atom. The van der Waals surface area contributed by atoms with Crippen LogP contribution in [-0.4, -0.2) is 34.4 Å². The van der Waals surface area contributed by atoms with Gasteiger partial charge in [0.05, 0.1) is 0 Å². The fourth-order valence-corrected chi connectivity index (χ4v) is 2.58. The summed E-state index contributed by atoms with van der Waals surface area (Å²) in [4.78, 5) is 22.4. The highest BCUT2D eigenvalue weighted by molar-refractivity contribution is 5.91. The van der Waals surface area contributed by atoms with Gasteiger partial charge in [0.2, 0.25) is 5.89 Å². The lowest BCUT2D eigenvalue weighted by molar-refractivity contribution is 0.0783. The lowest BCUT2D eigenvalue weighted by atomic mass is 10.1. The number of hydrogen-bond donors (Lipinski definition) is 0. The second-order valence-electron chi connectivity index (χ2n) is 6.68. The van der Waals surface area contributed by atoms with Crippen molar-refractivity contribution in [3.8, 4) is 5.75 Å². The van der Waals surface area contributed by atoms with Gasteiger partial charge in [0.25, 0.3) is 5.91 Å². The SMILES string of the molecule is CC(C)CCN(C)C(=O)c1coc(COc2cccc3cnccc23)n1. The molecule has 2 aromatic heterocycles. The standard InChI is InChI=1S/C20H23N3O3/c1-14(2)8-10-23(3)20(24)17-12-26-19(22-17)13-25-18-6-4-5-15-11-21-9-7-16(15)18/h4-7,9,11-12,14H,8,10,13H2,1-3H3. The van der Waals surface area contributed by atoms with Crippen LogP contribution in [0.15, 0.2) is 47.3 Å². The molecule has 0 aliphatic heterocycles. The molecule has 0 radical (unpaired) electrons. The highest BCUT2D eigenvalue weighted by Gasteiger charge is 2.17. The predicted octanol–water partition coefficient (Wildman–Crippen LogP) is 3.92. The third kappa shape index (κ3) is 4.20. The Bertz CT molecular complexity index is 883. The molecule has 0 bridgehead atoms. The Morgan fingerprint density at radius 3 is 2.96 bits per heavy atom. The summed E-state index contributed by atoms with van der Waals surface area (Å²) < 4.78 is 11.2. The van der Waals surface area contributed by atoms with E-state index in [1.807, 2.05) is 24.3 Å². The van der Waals surface area contributed by atoms with Crippen LogP contribution in [-0.2, 0) is 6.61 Å². The minimum Gasteiger partial charge on any atom is -0.483 e. The summed E-state index contributed by atoms with van der Waals surface area (Å²) in [6, 6.07) is 7.67. The van der Waals surface area contributed by atoms with Crippen LogP contribution in [0.1, 0.15) is 36.6 Å². The second-order valence-corrected chi connectivity index (χ2v) is 6.68. The first-order valence-electron chi connectivity index (χ1n) is 8.70. The van der Waals surface area contributed by atoms with Gasteiger partial charge in [-0.3, -0.25) is 9.78 Å². The number of pyridine rings is 1. The molecule has 0 aliphatic carbocycles. The molecule has 26 heavy (non-hydrogen) atoms. The number of ether oxygens (including phenoxy) is 1. The van der Waals surface area contributed by atoms with Crippen LogP contribution in [0.5, 0.6) is 5.75 Å². The highest BCUT2D eigenvalue weighted by Crippen LogP contribution is 2.25. The van der Waals surface area contributed by atoms with E-state index in [2.05, 4.69) is 23.8 Å². The number of amides is 1. The van der Waals surface area contributed by atoms with E-state index in [9.17, 15) is 4.79 Å². The van der Waals surface area contributed by atoms with Gasteiger partial charge in [-0.1, -0.05) is 26.0 Å². The van der Waals surface area contributed by atoms with Crippen LogP contribution in [0.25, 0.3) is 10.8 Å². The summed E-state index contributed by atoms with van der Waals surface area (Å²) >= 11 is 0. The molecule has 0 aliphatic rings. The highest BCUT2D eigenvalue weighted by atomic mass is 16.5. The zero-order valence-electron chi connectivity index (χ0n) is 15.3. The fraction of sp³-hybridized carbons (Fsp3) is 0.350. The molecule has 0 unspecified atom stereocenters. The van der Waals surface area contributed by atoms with Crippen LogP contribution in [0.2, 0.25) is 0 Å². The molecule has 0 saturated heterocycles. The number of aromatic nitrogens is 2. The van der Waals surface area contributed by atoms with Crippen molar-refractivity contribution in [1.29, 1.82) is 0 Å². The molecular formula is C20H23N3O3. The summed E-state index contributed by atoms with van der Waals surface area (Å²) in [5, 5.41) is 1.97. The van der Waals surface area contributed by atoms with Crippen molar-refractivity contribution in [2.45, 2.75) is 26.9 Å². The van der Waals surface area contributed by atoms with E-state index in [0.29, 0.717) is 24.0 Å². The summed E-state index contributed by atoms with van der Waals surface area (Å²) in [5.41, 5.74) is 0.303. The van der Waals surface area contributed by atoms with E-state index in [1.54, 1.807) is 24.3 Å². The first-order valence-corrected chi connectivity index (χ1v) is 8.70. The molecule has 3 rings (SSSR count). The molecule has 0 atom stereocenters. The van der Waals surface area contributed by atoms with E-state index in [-0.39, 0.29) is 12.5 Å². The second kappa shape index (κ2) is 7.99. The number of carbonyl (C=O) groups is 1. The maximum absolute atomic E-state index is 12.4. The van der Waals surface area contributed by atoms with Crippen molar-refractivity contribution in [2.75, 3.05) is 13.6 Å². The predicted molar refractivity (Wildman–Crippen MR) is 99.0 cm³/mol. The van der Waals surface area contributed by atoms with Gasteiger partial charge < -0.3 is 14.1 Å². The number of nitrogens with zero attached hydrogens (tertiary/aromatic N) is 3. The Balaban J connectivity index is 1.64. The van der Waals surface area contributed by atoms with Gasteiger partial charge >= 0.3 is 0 Å². The van der Waals surface area contributed by atoms with Gasteiger partial charge in [-0.2, -0.15) is 0 Å². The zero-order chi connectivity index (χ0) is 18.5. The van der Waals surface area contributed by atoms with Crippen LogP contribution in [0, 0.1) is 5.92 Å². The molecule has 6 nitrogen and oxygen atoms in total. The zero-order valence-corrected chi connectivity index (χ0v) is 15.3. The summed E-state index contributed by atoms with van der Waals surface area (Å²) in [6.45, 7) is 5.12. The quantitative estimate of drug-likeness (QED) is 0.644. The van der Waals surface area contributed by atoms with E-state index in [1.165, 1.54) is 6.26 Å². The minimum atomic E-state index is -0.142. The molecule has 6 heteroatoms. The smallest absolute Gasteiger partial charge is 0.275 e. The first-order chi connectivity index (χ1) is 12.5. The minimum absolute atomic E-state index is 0.142. The lowest BCUT2D eigenvalue weighted by Crippen LogP contribution is -2.28. The maximum Gasteiger partial charge on any atom is 0.275 e. The molecule has 0 spiro atoms. The van der Waals surface area contributed by atoms with Crippen molar-refractivity contribution in [1.82, 2.24) is 14.9 Å². The van der Waals surface area contributed by atoms with E-state index >= 15 is 0 Å². The molecule has 3 aromatic rings. The monoisotopic (exact) mass is 353 g/mol. The number of fused-ring (bicyclic) bond motifs is 1. The molecule has 2 heterocycles. The van der Waals surface area contributed by atoms with Crippen LogP contribution in [0.4, 0.5) is 0 Å². The Morgan fingerprint density at radius 2 is 2.15 bits per heavy atom. The van der Waals surface area contributed by atoms with E-state index in [4.69, 9.17) is 9.15 Å². The first kappa shape index (κ1) is 17.9. The van der Waals surface area contributed by atoms with Crippen LogP contribution in [0.3, 0.4) is 0 Å². The average molecular weight is 353 g/mol. The van der Waals surface area contributed by atoms with Gasteiger partial charge in [0.15, 0.2) is 12.3 Å². The summed E-state index contributed by atoms with van der Waals surface area (Å²) in [6.07, 6.45) is 5.85. The van der Waals surface area contributed by atoms with Crippen LogP contribution >= 0.6 is 0 Å². The van der Waals surface area contributed by atoms with Gasteiger partial charge in [-0.05, 0) is 24.5 Å². The lowest BCUT2D eigenvalue weighted by Gasteiger charge is -2.16. The van der Waals surface area contributed by atoms with Crippen LogP contribution < -0.4 is 4.74 Å². The summed E-state index contributed by atoms with van der Waals surface area (Å²) in [7, 11) is 1.78. The van der Waals surface area contributed by atoms with Gasteiger partial charge in [0, 0.05) is 36.8 Å². The van der Waals surface area contributed by atoms with Gasteiger partial charge in [0.1, 0.15) is 12.0 Å². The summed E-state index contributed by atoms with van der Waals surface area (Å²) in [5.74, 6) is 1.50. The van der Waals surface area contributed by atoms with Crippen molar-refractivity contribution < 1.29 is 13.9 Å². The van der Waals surface area contributed by atoms with E-state index < -0.39 is 0 Å². The molecule has 0 saturated carbocycles. The van der Waals surface area contributed by atoms with Crippen molar-refractivity contribution in [2.24, 2.45) is 5.92 Å². The van der Waals surface area contributed by atoms with Crippen molar-refractivity contribution in [3.05, 3.63) is 54.5 Å². The Kier molecular flexibility index (Phi) is 5.51. The fourth-order valence-electron chi connectivity index (χ4n) is 2.58. The van der Waals surface area contributed by atoms with Gasteiger partial charge in [-0.15, -0.1) is 0 Å². The van der Waals surface area contributed by atoms with E-state index in [0.717, 1.165) is 22.9 Å². The average Bonchev–Trinajstić information content (AvgIpc) is 3.12. The largest absolute Gasteiger partial charge is 0.483 e. The number of oxazole rings is 1. The van der Waals surface area contributed by atoms with Crippen molar-refractivity contribution >= 4 is 16.7 Å². The van der Waals surface area contributed by atoms with Crippen molar-refractivity contribution in [3.63, 3.8) is 0 Å². The molecule has 0 fully saturated rings. The third-order valence-corrected chi connectivity index (χ3v) is 4.15.